The molecule has 0 saturated carbocycles. The Balaban J connectivity index is 2.13. The number of hydrogen-bond acceptors (Lipinski definition) is 6. The number of hydrogen-bond donors (Lipinski definition) is 2. The molecule has 0 radical (unpaired) electrons. The van der Waals surface area contributed by atoms with Crippen LogP contribution in [0.15, 0.2) is 11.0 Å². The summed E-state index contributed by atoms with van der Waals surface area (Å²) in [5.41, 5.74) is 0.160. The molecule has 2 rings (SSSR count). The van der Waals surface area contributed by atoms with Crippen molar-refractivity contribution in [3.63, 3.8) is 0 Å². The molecule has 0 aromatic carbocycles. The van der Waals surface area contributed by atoms with Crippen molar-refractivity contribution in [1.29, 1.82) is 0 Å². The minimum absolute atomic E-state index is 0.118. The van der Waals surface area contributed by atoms with E-state index in [0.717, 1.165) is 13.0 Å². The van der Waals surface area contributed by atoms with E-state index in [1.54, 1.807) is 7.05 Å². The molecule has 2 heterocycles. The third-order valence-electron chi connectivity index (χ3n) is 2.81. The van der Waals surface area contributed by atoms with E-state index in [4.69, 9.17) is 0 Å². The SMILES string of the molecule is CCCNCC(O)Cn1nnc2c(cnn2C)c1=O. The molecule has 0 fully saturated rings. The Kier molecular flexibility index (Phi) is 4.23. The van der Waals surface area contributed by atoms with Gasteiger partial charge in [-0.25, -0.2) is 9.36 Å². The largest absolute Gasteiger partial charge is 0.390 e. The van der Waals surface area contributed by atoms with Crippen LogP contribution in [0.3, 0.4) is 0 Å². The molecule has 2 aromatic heterocycles. The fourth-order valence-electron chi connectivity index (χ4n) is 1.81. The van der Waals surface area contributed by atoms with Crippen molar-refractivity contribution in [2.24, 2.45) is 7.05 Å². The van der Waals surface area contributed by atoms with E-state index in [1.807, 2.05) is 6.92 Å². The third kappa shape index (κ3) is 2.96. The van der Waals surface area contributed by atoms with Gasteiger partial charge in [-0.05, 0) is 13.0 Å². The van der Waals surface area contributed by atoms with Gasteiger partial charge in [-0.2, -0.15) is 5.10 Å². The van der Waals surface area contributed by atoms with Crippen LogP contribution in [0, 0.1) is 0 Å². The van der Waals surface area contributed by atoms with Crippen LogP contribution >= 0.6 is 0 Å². The zero-order valence-corrected chi connectivity index (χ0v) is 11.1. The first kappa shape index (κ1) is 13.6. The lowest BCUT2D eigenvalue weighted by molar-refractivity contribution is 0.144. The van der Waals surface area contributed by atoms with Gasteiger partial charge in [-0.3, -0.25) is 4.79 Å². The molecule has 0 amide bonds. The monoisotopic (exact) mass is 266 g/mol. The maximum atomic E-state index is 12.1. The van der Waals surface area contributed by atoms with Crippen LogP contribution in [0.1, 0.15) is 13.3 Å². The summed E-state index contributed by atoms with van der Waals surface area (Å²) >= 11 is 0. The van der Waals surface area contributed by atoms with Gasteiger partial charge in [0.2, 0.25) is 0 Å². The highest BCUT2D eigenvalue weighted by Gasteiger charge is 2.12. The number of rotatable bonds is 6. The summed E-state index contributed by atoms with van der Waals surface area (Å²) in [5, 5.41) is 25.0. The summed E-state index contributed by atoms with van der Waals surface area (Å²) < 4.78 is 2.66. The molecule has 8 heteroatoms. The van der Waals surface area contributed by atoms with Crippen LogP contribution in [0.5, 0.6) is 0 Å². The molecule has 104 valence electrons. The number of aliphatic hydroxyl groups is 1. The van der Waals surface area contributed by atoms with E-state index >= 15 is 0 Å². The molecule has 0 spiro atoms. The van der Waals surface area contributed by atoms with Crippen LogP contribution in [0.2, 0.25) is 0 Å². The van der Waals surface area contributed by atoms with Crippen molar-refractivity contribution in [2.45, 2.75) is 26.0 Å². The maximum Gasteiger partial charge on any atom is 0.280 e. The van der Waals surface area contributed by atoms with Gasteiger partial charge in [0.05, 0.1) is 18.8 Å². The highest BCUT2D eigenvalue weighted by Crippen LogP contribution is 2.01. The molecule has 1 atom stereocenters. The van der Waals surface area contributed by atoms with Gasteiger partial charge in [-0.1, -0.05) is 12.1 Å². The van der Waals surface area contributed by atoms with Gasteiger partial charge in [0.1, 0.15) is 5.39 Å². The van der Waals surface area contributed by atoms with E-state index in [0.29, 0.717) is 17.6 Å². The fraction of sp³-hybridized carbons (Fsp3) is 0.636. The molecule has 0 aliphatic rings. The van der Waals surface area contributed by atoms with Crippen molar-refractivity contribution < 1.29 is 5.11 Å². The zero-order chi connectivity index (χ0) is 13.8. The summed E-state index contributed by atoms with van der Waals surface area (Å²) in [4.78, 5) is 12.1. The molecular weight excluding hydrogens is 248 g/mol. The second-order valence-electron chi connectivity index (χ2n) is 4.44. The number of fused-ring (bicyclic) bond motifs is 1. The quantitative estimate of drug-likeness (QED) is 0.643. The first-order valence-electron chi connectivity index (χ1n) is 6.27. The molecule has 1 unspecified atom stereocenters. The second kappa shape index (κ2) is 5.89. The highest BCUT2D eigenvalue weighted by atomic mass is 16.3. The van der Waals surface area contributed by atoms with Gasteiger partial charge < -0.3 is 10.4 Å². The molecule has 2 N–H and O–H groups in total. The molecule has 19 heavy (non-hydrogen) atoms. The first-order valence-corrected chi connectivity index (χ1v) is 6.27. The van der Waals surface area contributed by atoms with E-state index in [9.17, 15) is 9.90 Å². The van der Waals surface area contributed by atoms with Crippen LogP contribution in [0.25, 0.3) is 11.0 Å². The summed E-state index contributed by atoms with van der Waals surface area (Å²) in [6.07, 6.45) is 1.78. The van der Waals surface area contributed by atoms with Crippen molar-refractivity contribution in [1.82, 2.24) is 30.1 Å². The van der Waals surface area contributed by atoms with Crippen LogP contribution in [-0.2, 0) is 13.6 Å². The molecule has 0 aliphatic carbocycles. The standard InChI is InChI=1S/C11H18N6O2/c1-3-4-12-5-8(18)7-17-11(19)9-6-13-16(2)10(9)14-15-17/h6,8,12,18H,3-5,7H2,1-2H3. The minimum Gasteiger partial charge on any atom is -0.390 e. The Morgan fingerprint density at radius 2 is 2.32 bits per heavy atom. The van der Waals surface area contributed by atoms with Gasteiger partial charge in [0.25, 0.3) is 5.56 Å². The van der Waals surface area contributed by atoms with Gasteiger partial charge >= 0.3 is 0 Å². The first-order chi connectivity index (χ1) is 9.13. The van der Waals surface area contributed by atoms with Crippen molar-refractivity contribution in [3.05, 3.63) is 16.6 Å². The van der Waals surface area contributed by atoms with E-state index in [-0.39, 0.29) is 12.1 Å². The normalized spacial score (nSPS) is 13.0. The Hall–Kier alpha value is -1.80. The Morgan fingerprint density at radius 1 is 1.53 bits per heavy atom. The molecule has 0 bridgehead atoms. The molecule has 2 aromatic rings. The predicted molar refractivity (Wildman–Crippen MR) is 69.7 cm³/mol. The van der Waals surface area contributed by atoms with Gasteiger partial charge in [0.15, 0.2) is 5.65 Å². The maximum absolute atomic E-state index is 12.1. The number of aliphatic hydroxyl groups excluding tert-OH is 1. The second-order valence-corrected chi connectivity index (χ2v) is 4.44. The summed E-state index contributed by atoms with van der Waals surface area (Å²) in [6.45, 7) is 3.42. The van der Waals surface area contributed by atoms with Crippen LogP contribution < -0.4 is 10.9 Å². The van der Waals surface area contributed by atoms with Crippen molar-refractivity contribution in [2.75, 3.05) is 13.1 Å². The Labute approximate surface area is 110 Å². The fourth-order valence-corrected chi connectivity index (χ4v) is 1.81. The lowest BCUT2D eigenvalue weighted by Gasteiger charge is -2.11. The third-order valence-corrected chi connectivity index (χ3v) is 2.81. The van der Waals surface area contributed by atoms with Crippen molar-refractivity contribution in [3.8, 4) is 0 Å². The summed E-state index contributed by atoms with van der Waals surface area (Å²) in [6, 6.07) is 0. The number of aromatic nitrogens is 5. The predicted octanol–water partition coefficient (Wildman–Crippen LogP) is -1.11. The Morgan fingerprint density at radius 3 is 3.05 bits per heavy atom. The molecule has 0 saturated heterocycles. The van der Waals surface area contributed by atoms with E-state index in [2.05, 4.69) is 20.7 Å². The van der Waals surface area contributed by atoms with Crippen LogP contribution in [0.4, 0.5) is 0 Å². The van der Waals surface area contributed by atoms with Gasteiger partial charge in [-0.15, -0.1) is 5.10 Å². The molecular formula is C11H18N6O2. The van der Waals surface area contributed by atoms with Gasteiger partial charge in [0, 0.05) is 13.6 Å². The zero-order valence-electron chi connectivity index (χ0n) is 11.1. The van der Waals surface area contributed by atoms with Crippen LogP contribution in [-0.4, -0.2) is 49.1 Å². The molecule has 8 nitrogen and oxygen atoms in total. The topological polar surface area (TPSA) is 97.9 Å². The molecule has 0 aliphatic heterocycles. The smallest absolute Gasteiger partial charge is 0.280 e. The Bertz CT molecular complexity index is 605. The summed E-state index contributed by atoms with van der Waals surface area (Å²) in [7, 11) is 1.70. The number of aryl methyl sites for hydroxylation is 1. The average molecular weight is 266 g/mol. The van der Waals surface area contributed by atoms with Crippen molar-refractivity contribution >= 4 is 11.0 Å². The average Bonchev–Trinajstić information content (AvgIpc) is 2.76. The van der Waals surface area contributed by atoms with E-state index in [1.165, 1.54) is 15.6 Å². The number of nitrogens with zero attached hydrogens (tertiary/aromatic N) is 5. The highest BCUT2D eigenvalue weighted by molar-refractivity contribution is 5.72. The summed E-state index contributed by atoms with van der Waals surface area (Å²) in [5.74, 6) is 0. The minimum atomic E-state index is -0.673. The lowest BCUT2D eigenvalue weighted by atomic mass is 10.3. The van der Waals surface area contributed by atoms with E-state index < -0.39 is 6.10 Å². The number of nitrogens with one attached hydrogen (secondary N) is 1. The lowest BCUT2D eigenvalue weighted by Crippen LogP contribution is -2.35.